The van der Waals surface area contributed by atoms with Gasteiger partial charge in [-0.05, 0) is 26.3 Å². The maximum atomic E-state index is 12.9. The molecule has 0 atom stereocenters. The molecule has 0 radical (unpaired) electrons. The van der Waals surface area contributed by atoms with Crippen molar-refractivity contribution in [3.8, 4) is 0 Å². The lowest BCUT2D eigenvalue weighted by molar-refractivity contribution is -0.116. The van der Waals surface area contributed by atoms with Crippen molar-refractivity contribution in [2.75, 3.05) is 36.0 Å². The molecule has 3 N–H and O–H groups in total. The van der Waals surface area contributed by atoms with Gasteiger partial charge in [-0.25, -0.2) is 4.79 Å². The van der Waals surface area contributed by atoms with Gasteiger partial charge in [-0.1, -0.05) is 54.3 Å². The molecule has 0 aliphatic carbocycles. The zero-order valence-electron chi connectivity index (χ0n) is 17.4. The summed E-state index contributed by atoms with van der Waals surface area (Å²) in [6.07, 6.45) is 0. The average Bonchev–Trinajstić information content (AvgIpc) is 2.74. The Morgan fingerprint density at radius 3 is 2.33 bits per heavy atom. The average molecular weight is 450 g/mol. The number of nitrogens with zero attached hydrogens (tertiary/aromatic N) is 3. The highest BCUT2D eigenvalue weighted by atomic mass is 32.2. The van der Waals surface area contributed by atoms with Gasteiger partial charge < -0.3 is 15.5 Å². The number of amides is 1. The fourth-order valence-electron chi connectivity index (χ4n) is 2.99. The van der Waals surface area contributed by atoms with Gasteiger partial charge in [0.1, 0.15) is 10.1 Å². The molecule has 0 aliphatic rings. The molecular weight excluding hydrogens is 422 g/mol. The van der Waals surface area contributed by atoms with Gasteiger partial charge in [0.2, 0.25) is 5.91 Å². The molecule has 1 aromatic carbocycles. The highest BCUT2D eigenvalue weighted by Crippen LogP contribution is 2.19. The van der Waals surface area contributed by atoms with Gasteiger partial charge in [-0.3, -0.25) is 19.1 Å². The minimum Gasteiger partial charge on any atom is -0.383 e. The van der Waals surface area contributed by atoms with Gasteiger partial charge in [0, 0.05) is 19.6 Å². The number of thioether (sulfide) groups is 1. The van der Waals surface area contributed by atoms with E-state index in [-0.39, 0.29) is 36.3 Å². The molecule has 0 fully saturated rings. The number of nitrogens with one attached hydrogen (secondary N) is 1. The molecule has 1 aromatic heterocycles. The first-order valence-corrected chi connectivity index (χ1v) is 11.1. The predicted octanol–water partition coefficient (Wildman–Crippen LogP) is 1.88. The number of thiocarbonyl (C=S) groups is 1. The molecule has 10 heteroatoms. The summed E-state index contributed by atoms with van der Waals surface area (Å²) in [4.78, 5) is 43.3. The van der Waals surface area contributed by atoms with Crippen molar-refractivity contribution in [1.29, 1.82) is 0 Å². The number of carbonyl (C=O) groups excluding carboxylic acids is 1. The summed E-state index contributed by atoms with van der Waals surface area (Å²) >= 11 is 6.62. The first-order valence-electron chi connectivity index (χ1n) is 9.72. The molecule has 2 aromatic rings. The van der Waals surface area contributed by atoms with Gasteiger partial charge in [0.25, 0.3) is 5.56 Å². The fraction of sp³-hybridized carbons (Fsp3) is 0.400. The van der Waals surface area contributed by atoms with Crippen molar-refractivity contribution < 1.29 is 4.79 Å². The number of hydrogen-bond donors (Lipinski definition) is 2. The highest BCUT2D eigenvalue weighted by molar-refractivity contribution is 8.23. The first kappa shape index (κ1) is 23.7. The van der Waals surface area contributed by atoms with E-state index in [9.17, 15) is 14.4 Å². The van der Waals surface area contributed by atoms with E-state index in [0.717, 1.165) is 18.7 Å². The third kappa shape index (κ3) is 5.51. The lowest BCUT2D eigenvalue weighted by atomic mass is 10.2. The Kier molecular flexibility index (Phi) is 8.67. The number of aromatic amines is 1. The van der Waals surface area contributed by atoms with Crippen LogP contribution in [-0.4, -0.2) is 50.1 Å². The second-order valence-electron chi connectivity index (χ2n) is 6.43. The lowest BCUT2D eigenvalue weighted by Gasteiger charge is -2.24. The molecule has 30 heavy (non-hydrogen) atoms. The van der Waals surface area contributed by atoms with Crippen LogP contribution in [0.4, 0.5) is 11.5 Å². The maximum absolute atomic E-state index is 12.9. The summed E-state index contributed by atoms with van der Waals surface area (Å²) in [5, 5.41) is 0. The van der Waals surface area contributed by atoms with Gasteiger partial charge in [0.15, 0.2) is 5.69 Å². The number of rotatable bonds is 8. The number of H-pyrrole nitrogens is 1. The quantitative estimate of drug-likeness (QED) is 0.593. The Labute approximate surface area is 185 Å². The normalized spacial score (nSPS) is 10.6. The maximum Gasteiger partial charge on any atom is 0.330 e. The van der Waals surface area contributed by atoms with Gasteiger partial charge in [0.05, 0.1) is 12.3 Å². The van der Waals surface area contributed by atoms with Crippen LogP contribution >= 0.6 is 24.0 Å². The third-order valence-corrected chi connectivity index (χ3v) is 6.13. The lowest BCUT2D eigenvalue weighted by Crippen LogP contribution is -2.42. The van der Waals surface area contributed by atoms with Crippen LogP contribution in [0.25, 0.3) is 0 Å². The topological polar surface area (TPSA) is 104 Å². The van der Waals surface area contributed by atoms with Crippen molar-refractivity contribution in [2.45, 2.75) is 27.3 Å². The van der Waals surface area contributed by atoms with Crippen LogP contribution in [0.15, 0.2) is 39.9 Å². The van der Waals surface area contributed by atoms with Crippen LogP contribution in [0.1, 0.15) is 26.3 Å². The standard InChI is InChI=1S/C20H27N5O3S2/c1-4-23(5-2)20(29)30-13-15(26)24(6-3)16-17(21)25(19(28)22-18(16)27)12-14-10-8-7-9-11-14/h7-11H,4-6,12-13,21H2,1-3H3,(H,22,27,28). The molecule has 0 spiro atoms. The second kappa shape index (κ2) is 11.0. The fourth-order valence-corrected chi connectivity index (χ4v) is 4.27. The zero-order chi connectivity index (χ0) is 22.3. The number of aromatic nitrogens is 2. The molecular formula is C20H27N5O3S2. The monoisotopic (exact) mass is 449 g/mol. The summed E-state index contributed by atoms with van der Waals surface area (Å²) in [6, 6.07) is 9.27. The summed E-state index contributed by atoms with van der Waals surface area (Å²) < 4.78 is 1.88. The van der Waals surface area contributed by atoms with E-state index in [1.807, 2.05) is 49.1 Å². The molecule has 2 rings (SSSR count). The molecule has 0 saturated carbocycles. The SMILES string of the molecule is CCN(CC)C(=S)SCC(=O)N(CC)c1c(N)n(Cc2ccccc2)c(=O)[nH]c1=O. The number of nitrogen functional groups attached to an aromatic ring is 1. The minimum absolute atomic E-state index is 0.0209. The molecule has 1 amide bonds. The van der Waals surface area contributed by atoms with Crippen molar-refractivity contribution in [3.63, 3.8) is 0 Å². The predicted molar refractivity (Wildman–Crippen MR) is 127 cm³/mol. The Bertz CT molecular complexity index is 1000. The van der Waals surface area contributed by atoms with Crippen molar-refractivity contribution in [1.82, 2.24) is 14.5 Å². The summed E-state index contributed by atoms with van der Waals surface area (Å²) in [6.45, 7) is 7.66. The van der Waals surface area contributed by atoms with Gasteiger partial charge in [-0.2, -0.15) is 0 Å². The van der Waals surface area contributed by atoms with Crippen LogP contribution in [0.3, 0.4) is 0 Å². The van der Waals surface area contributed by atoms with E-state index < -0.39 is 11.2 Å². The third-order valence-electron chi connectivity index (χ3n) is 4.63. The van der Waals surface area contributed by atoms with Crippen LogP contribution in [0.5, 0.6) is 0 Å². The van der Waals surface area contributed by atoms with E-state index in [1.165, 1.54) is 21.2 Å². The van der Waals surface area contributed by atoms with Crippen LogP contribution in [0.2, 0.25) is 0 Å². The Morgan fingerprint density at radius 2 is 1.77 bits per heavy atom. The number of anilines is 2. The van der Waals surface area contributed by atoms with Crippen LogP contribution < -0.4 is 21.9 Å². The molecule has 8 nitrogen and oxygen atoms in total. The number of carbonyl (C=O) groups is 1. The highest BCUT2D eigenvalue weighted by Gasteiger charge is 2.23. The summed E-state index contributed by atoms with van der Waals surface area (Å²) in [7, 11) is 0. The van der Waals surface area contributed by atoms with E-state index >= 15 is 0 Å². The van der Waals surface area contributed by atoms with Crippen molar-refractivity contribution in [3.05, 3.63) is 56.7 Å². The molecule has 162 valence electrons. The minimum atomic E-state index is -0.687. The van der Waals surface area contributed by atoms with E-state index in [4.69, 9.17) is 18.0 Å². The Balaban J connectivity index is 2.32. The molecule has 0 aliphatic heterocycles. The second-order valence-corrected chi connectivity index (χ2v) is 8.04. The zero-order valence-corrected chi connectivity index (χ0v) is 19.0. The summed E-state index contributed by atoms with van der Waals surface area (Å²) in [5.74, 6) is -0.280. The largest absolute Gasteiger partial charge is 0.383 e. The smallest absolute Gasteiger partial charge is 0.330 e. The van der Waals surface area contributed by atoms with E-state index in [1.54, 1.807) is 6.92 Å². The Hall–Kier alpha value is -2.59. The molecule has 0 saturated heterocycles. The number of nitrogens with two attached hydrogens (primary N) is 1. The molecule has 0 unspecified atom stereocenters. The number of hydrogen-bond acceptors (Lipinski definition) is 6. The van der Waals surface area contributed by atoms with Gasteiger partial charge in [-0.15, -0.1) is 0 Å². The number of benzene rings is 1. The van der Waals surface area contributed by atoms with Gasteiger partial charge >= 0.3 is 5.69 Å². The van der Waals surface area contributed by atoms with E-state index in [0.29, 0.717) is 4.32 Å². The van der Waals surface area contributed by atoms with Crippen LogP contribution in [-0.2, 0) is 11.3 Å². The molecule has 1 heterocycles. The molecule has 0 bridgehead atoms. The Morgan fingerprint density at radius 1 is 1.13 bits per heavy atom. The first-order chi connectivity index (χ1) is 14.3. The van der Waals surface area contributed by atoms with Crippen LogP contribution in [0, 0.1) is 0 Å². The van der Waals surface area contributed by atoms with Crippen molar-refractivity contribution >= 4 is 45.7 Å². The van der Waals surface area contributed by atoms with Crippen molar-refractivity contribution in [2.24, 2.45) is 0 Å². The summed E-state index contributed by atoms with van der Waals surface area (Å²) in [5.41, 5.74) is 5.72. The van der Waals surface area contributed by atoms with E-state index in [2.05, 4.69) is 4.98 Å².